The summed E-state index contributed by atoms with van der Waals surface area (Å²) in [4.78, 5) is 27.7. The van der Waals surface area contributed by atoms with Crippen molar-refractivity contribution in [3.05, 3.63) is 69.7 Å². The van der Waals surface area contributed by atoms with Crippen LogP contribution in [-0.2, 0) is 17.6 Å². The van der Waals surface area contributed by atoms with E-state index in [4.69, 9.17) is 0 Å². The van der Waals surface area contributed by atoms with Crippen molar-refractivity contribution in [2.45, 2.75) is 12.8 Å². The summed E-state index contributed by atoms with van der Waals surface area (Å²) in [6, 6.07) is 6.22. The van der Waals surface area contributed by atoms with Gasteiger partial charge in [0.2, 0.25) is 11.6 Å². The number of halogens is 1. The quantitative estimate of drug-likeness (QED) is 0.557. The number of carbonyl (C=O) groups excluding carboxylic acids is 2. The van der Waals surface area contributed by atoms with Crippen LogP contribution < -0.4 is 0 Å². The van der Waals surface area contributed by atoms with Gasteiger partial charge in [0.25, 0.3) is 5.78 Å². The molecule has 5 nitrogen and oxygen atoms in total. The molecule has 0 radical (unpaired) electrons. The zero-order valence-corrected chi connectivity index (χ0v) is 12.8. The Balaban J connectivity index is 1.72. The minimum atomic E-state index is -0.704. The van der Waals surface area contributed by atoms with Crippen LogP contribution in [0.25, 0.3) is 0 Å². The topological polar surface area (TPSA) is 75.7 Å². The molecule has 23 heavy (non-hydrogen) atoms. The number of aromatic amines is 1. The maximum Gasteiger partial charge on any atom is 0.267 e. The number of ketones is 2. The van der Waals surface area contributed by atoms with Crippen LogP contribution in [0.15, 0.2) is 41.4 Å². The highest BCUT2D eigenvalue weighted by Crippen LogP contribution is 2.20. The van der Waals surface area contributed by atoms with Crippen molar-refractivity contribution in [3.8, 4) is 0 Å². The Morgan fingerprint density at radius 1 is 1.13 bits per heavy atom. The molecule has 0 amide bonds. The zero-order valence-electron chi connectivity index (χ0n) is 12.0. The molecule has 2 aromatic heterocycles. The van der Waals surface area contributed by atoms with Gasteiger partial charge in [0.05, 0.1) is 0 Å². The van der Waals surface area contributed by atoms with Gasteiger partial charge in [-0.2, -0.15) is 11.3 Å². The van der Waals surface area contributed by atoms with Gasteiger partial charge >= 0.3 is 0 Å². The summed E-state index contributed by atoms with van der Waals surface area (Å²) in [6.07, 6.45) is 1.85. The van der Waals surface area contributed by atoms with Gasteiger partial charge in [0.1, 0.15) is 12.1 Å². The molecular formula is C16H12FN3O2S. The van der Waals surface area contributed by atoms with Crippen LogP contribution >= 0.6 is 11.3 Å². The van der Waals surface area contributed by atoms with E-state index < -0.39 is 11.6 Å². The predicted molar refractivity (Wildman–Crippen MR) is 82.9 cm³/mol. The van der Waals surface area contributed by atoms with E-state index in [0.717, 1.165) is 16.7 Å². The number of rotatable bonds is 6. The molecule has 7 heteroatoms. The first-order chi connectivity index (χ1) is 11.1. The van der Waals surface area contributed by atoms with Crippen molar-refractivity contribution in [3.63, 3.8) is 0 Å². The second kappa shape index (κ2) is 6.62. The number of hydrogen-bond donors (Lipinski definition) is 1. The van der Waals surface area contributed by atoms with Crippen LogP contribution in [0.2, 0.25) is 0 Å². The standard InChI is InChI=1S/C16H12FN3O2S/c17-13-3-1-10(2-4-13)5-11-7-23-8-12(11)6-14(21)15(22)16-18-9-19-20-16/h1-4,7-9H,5-6H2,(H,18,19,20). The summed E-state index contributed by atoms with van der Waals surface area (Å²) in [5.41, 5.74) is 2.70. The number of hydrogen-bond acceptors (Lipinski definition) is 5. The number of Topliss-reactive ketones (excluding diaryl/α,β-unsaturated/α-hetero) is 2. The number of benzene rings is 1. The predicted octanol–water partition coefficient (Wildman–Crippen LogP) is 2.59. The first-order valence-corrected chi connectivity index (χ1v) is 7.79. The van der Waals surface area contributed by atoms with Gasteiger partial charge in [0, 0.05) is 6.42 Å². The van der Waals surface area contributed by atoms with Gasteiger partial charge in [-0.1, -0.05) is 12.1 Å². The maximum absolute atomic E-state index is 12.9. The summed E-state index contributed by atoms with van der Waals surface area (Å²) >= 11 is 1.46. The van der Waals surface area contributed by atoms with E-state index in [0.29, 0.717) is 6.42 Å². The second-order valence-corrected chi connectivity index (χ2v) is 5.72. The molecule has 3 rings (SSSR count). The summed E-state index contributed by atoms with van der Waals surface area (Å²) in [7, 11) is 0. The number of H-pyrrole nitrogens is 1. The Labute approximate surface area is 135 Å². The minimum absolute atomic E-state index is 0.00734. The normalized spacial score (nSPS) is 10.7. The molecule has 0 atom stereocenters. The van der Waals surface area contributed by atoms with E-state index in [9.17, 15) is 14.0 Å². The first-order valence-electron chi connectivity index (χ1n) is 6.85. The monoisotopic (exact) mass is 329 g/mol. The molecule has 0 aliphatic rings. The van der Waals surface area contributed by atoms with Crippen LogP contribution in [0.1, 0.15) is 27.3 Å². The molecule has 0 aliphatic heterocycles. The molecular weight excluding hydrogens is 317 g/mol. The highest BCUT2D eigenvalue weighted by Gasteiger charge is 2.21. The van der Waals surface area contributed by atoms with Gasteiger partial charge in [-0.25, -0.2) is 9.37 Å². The molecule has 0 saturated carbocycles. The largest absolute Gasteiger partial charge is 0.290 e. The molecule has 1 N–H and O–H groups in total. The molecule has 0 bridgehead atoms. The lowest BCUT2D eigenvalue weighted by Crippen LogP contribution is -2.18. The Kier molecular flexibility index (Phi) is 4.38. The molecule has 0 saturated heterocycles. The minimum Gasteiger partial charge on any atom is -0.290 e. The second-order valence-electron chi connectivity index (χ2n) is 4.98. The van der Waals surface area contributed by atoms with Crippen molar-refractivity contribution < 1.29 is 14.0 Å². The highest BCUT2D eigenvalue weighted by molar-refractivity contribution is 7.08. The number of aromatic nitrogens is 3. The van der Waals surface area contributed by atoms with Gasteiger partial charge in [-0.15, -0.1) is 5.10 Å². The average Bonchev–Trinajstić information content (AvgIpc) is 3.21. The Bertz CT molecular complexity index is 825. The lowest BCUT2D eigenvalue weighted by Gasteiger charge is -2.04. The fraction of sp³-hybridized carbons (Fsp3) is 0.125. The number of thiophene rings is 1. The molecule has 0 unspecified atom stereocenters. The van der Waals surface area contributed by atoms with Gasteiger partial charge in [-0.05, 0) is 46.0 Å². The van der Waals surface area contributed by atoms with Crippen LogP contribution in [0.5, 0.6) is 0 Å². The third-order valence-electron chi connectivity index (χ3n) is 3.36. The van der Waals surface area contributed by atoms with Crippen LogP contribution in [0.3, 0.4) is 0 Å². The summed E-state index contributed by atoms with van der Waals surface area (Å²) in [5.74, 6) is -1.66. The smallest absolute Gasteiger partial charge is 0.267 e. The first kappa shape index (κ1) is 15.2. The third-order valence-corrected chi connectivity index (χ3v) is 4.20. The van der Waals surface area contributed by atoms with Crippen LogP contribution in [0, 0.1) is 5.82 Å². The van der Waals surface area contributed by atoms with Gasteiger partial charge in [-0.3, -0.25) is 14.7 Å². The Morgan fingerprint density at radius 2 is 1.87 bits per heavy atom. The number of nitrogens with zero attached hydrogens (tertiary/aromatic N) is 2. The molecule has 0 aliphatic carbocycles. The van der Waals surface area contributed by atoms with E-state index in [1.54, 1.807) is 12.1 Å². The van der Waals surface area contributed by atoms with E-state index in [1.807, 2.05) is 10.8 Å². The molecule has 2 heterocycles. The fourth-order valence-corrected chi connectivity index (χ4v) is 3.04. The van der Waals surface area contributed by atoms with Gasteiger partial charge in [0.15, 0.2) is 0 Å². The Morgan fingerprint density at radius 3 is 2.57 bits per heavy atom. The SMILES string of the molecule is O=C(Cc1cscc1Cc1ccc(F)cc1)C(=O)c1nc[nH]n1. The average molecular weight is 329 g/mol. The van der Waals surface area contributed by atoms with Crippen LogP contribution in [0.4, 0.5) is 4.39 Å². The number of carbonyl (C=O) groups is 2. The lowest BCUT2D eigenvalue weighted by atomic mass is 10.00. The summed E-state index contributed by atoms with van der Waals surface area (Å²) < 4.78 is 12.9. The summed E-state index contributed by atoms with van der Waals surface area (Å²) in [6.45, 7) is 0. The molecule has 0 fully saturated rings. The van der Waals surface area contributed by atoms with Crippen molar-refractivity contribution >= 4 is 22.9 Å². The molecule has 116 valence electrons. The highest BCUT2D eigenvalue weighted by atomic mass is 32.1. The zero-order chi connectivity index (χ0) is 16.2. The third kappa shape index (κ3) is 3.57. The van der Waals surface area contributed by atoms with Crippen molar-refractivity contribution in [2.24, 2.45) is 0 Å². The van der Waals surface area contributed by atoms with E-state index in [2.05, 4.69) is 15.2 Å². The number of nitrogens with one attached hydrogen (secondary N) is 1. The van der Waals surface area contributed by atoms with Crippen molar-refractivity contribution in [2.75, 3.05) is 0 Å². The molecule has 0 spiro atoms. The maximum atomic E-state index is 12.9. The fourth-order valence-electron chi connectivity index (χ4n) is 2.18. The van der Waals surface area contributed by atoms with Gasteiger partial charge < -0.3 is 0 Å². The molecule has 3 aromatic rings. The van der Waals surface area contributed by atoms with E-state index >= 15 is 0 Å². The van der Waals surface area contributed by atoms with E-state index in [1.165, 1.54) is 29.8 Å². The Hall–Kier alpha value is -2.67. The lowest BCUT2D eigenvalue weighted by molar-refractivity contribution is -0.114. The van der Waals surface area contributed by atoms with E-state index in [-0.39, 0.29) is 18.1 Å². The van der Waals surface area contributed by atoms with Crippen molar-refractivity contribution in [1.29, 1.82) is 0 Å². The van der Waals surface area contributed by atoms with Crippen molar-refractivity contribution in [1.82, 2.24) is 15.2 Å². The molecule has 1 aromatic carbocycles. The summed E-state index contributed by atoms with van der Waals surface area (Å²) in [5, 5.41) is 9.82. The van der Waals surface area contributed by atoms with Crippen LogP contribution in [-0.4, -0.2) is 26.7 Å².